The lowest BCUT2D eigenvalue weighted by molar-refractivity contribution is 0.471. The average Bonchev–Trinajstić information content (AvgIpc) is 2.82. The second-order valence-corrected chi connectivity index (χ2v) is 5.34. The minimum absolute atomic E-state index is 0.408. The van der Waals surface area contributed by atoms with E-state index < -0.39 is 0 Å². The number of imidazole rings is 1. The highest BCUT2D eigenvalue weighted by molar-refractivity contribution is 6.16. The molecule has 0 N–H and O–H groups in total. The third-order valence-corrected chi connectivity index (χ3v) is 3.80. The van der Waals surface area contributed by atoms with Gasteiger partial charge in [-0.05, 0) is 25.5 Å². The van der Waals surface area contributed by atoms with Gasteiger partial charge in [0, 0.05) is 12.2 Å². The number of hydrogen-bond donors (Lipinski definition) is 0. The maximum Gasteiger partial charge on any atom is 0.160 e. The smallest absolute Gasteiger partial charge is 0.160 e. The van der Waals surface area contributed by atoms with Crippen molar-refractivity contribution < 1.29 is 0 Å². The van der Waals surface area contributed by atoms with Crippen LogP contribution in [-0.2, 0) is 5.88 Å². The molecule has 0 aliphatic carbocycles. The minimum atomic E-state index is 0.408. The van der Waals surface area contributed by atoms with Crippen LogP contribution in [0, 0.1) is 0 Å². The summed E-state index contributed by atoms with van der Waals surface area (Å²) in [7, 11) is 0. The van der Waals surface area contributed by atoms with Crippen molar-refractivity contribution in [3.05, 3.63) is 24.2 Å². The van der Waals surface area contributed by atoms with E-state index in [0.29, 0.717) is 11.9 Å². The van der Waals surface area contributed by atoms with Gasteiger partial charge in [0.05, 0.1) is 5.88 Å². The lowest BCUT2D eigenvalue weighted by Crippen LogP contribution is -2.09. The molecule has 0 aliphatic heterocycles. The molecular formula is C15H22ClN3. The molecule has 0 saturated heterocycles. The number of fused-ring (bicyclic) bond motifs is 1. The van der Waals surface area contributed by atoms with Crippen LogP contribution in [0.1, 0.15) is 57.8 Å². The van der Waals surface area contributed by atoms with Crippen LogP contribution < -0.4 is 0 Å². The highest BCUT2D eigenvalue weighted by Gasteiger charge is 2.15. The van der Waals surface area contributed by atoms with Crippen molar-refractivity contribution in [1.82, 2.24) is 14.5 Å². The Morgan fingerprint density at radius 3 is 2.89 bits per heavy atom. The second kappa shape index (κ2) is 6.90. The van der Waals surface area contributed by atoms with Gasteiger partial charge in [-0.15, -0.1) is 11.6 Å². The van der Waals surface area contributed by atoms with Gasteiger partial charge >= 0.3 is 0 Å². The lowest BCUT2D eigenvalue weighted by atomic mass is 10.1. The predicted octanol–water partition coefficient (Wildman–Crippen LogP) is 4.70. The Morgan fingerprint density at radius 1 is 1.32 bits per heavy atom. The first kappa shape index (κ1) is 14.3. The molecule has 4 heteroatoms. The van der Waals surface area contributed by atoms with Crippen LogP contribution in [0.4, 0.5) is 0 Å². The predicted molar refractivity (Wildman–Crippen MR) is 80.6 cm³/mol. The van der Waals surface area contributed by atoms with E-state index in [9.17, 15) is 0 Å². The minimum Gasteiger partial charge on any atom is -0.309 e. The Labute approximate surface area is 120 Å². The third kappa shape index (κ3) is 3.27. The van der Waals surface area contributed by atoms with Gasteiger partial charge in [-0.3, -0.25) is 0 Å². The molecule has 1 atom stereocenters. The maximum absolute atomic E-state index is 6.02. The van der Waals surface area contributed by atoms with Crippen molar-refractivity contribution in [2.75, 3.05) is 0 Å². The van der Waals surface area contributed by atoms with Gasteiger partial charge in [0.1, 0.15) is 11.3 Å². The SMILES string of the molecule is CCCCCCC(C)n1c(CCl)nc2cccnc21. The molecule has 0 spiro atoms. The van der Waals surface area contributed by atoms with E-state index in [0.717, 1.165) is 23.4 Å². The van der Waals surface area contributed by atoms with Gasteiger partial charge in [-0.2, -0.15) is 0 Å². The number of halogens is 1. The quantitative estimate of drug-likeness (QED) is 0.543. The summed E-state index contributed by atoms with van der Waals surface area (Å²) >= 11 is 6.02. The number of aromatic nitrogens is 3. The second-order valence-electron chi connectivity index (χ2n) is 5.08. The molecule has 0 amide bonds. The average molecular weight is 280 g/mol. The number of alkyl halides is 1. The fourth-order valence-corrected chi connectivity index (χ4v) is 2.72. The first-order valence-corrected chi connectivity index (χ1v) is 7.69. The van der Waals surface area contributed by atoms with E-state index in [1.54, 1.807) is 0 Å². The molecule has 0 bridgehead atoms. The zero-order valence-corrected chi connectivity index (χ0v) is 12.5. The van der Waals surface area contributed by atoms with Gasteiger partial charge in [0.15, 0.2) is 5.65 Å². The van der Waals surface area contributed by atoms with Crippen molar-refractivity contribution in [3.8, 4) is 0 Å². The number of unbranched alkanes of at least 4 members (excludes halogenated alkanes) is 3. The molecule has 0 saturated carbocycles. The molecule has 0 fully saturated rings. The summed E-state index contributed by atoms with van der Waals surface area (Å²) in [5.41, 5.74) is 1.90. The fourth-order valence-electron chi connectivity index (χ4n) is 2.53. The summed E-state index contributed by atoms with van der Waals surface area (Å²) in [4.78, 5) is 9.02. The number of hydrogen-bond acceptors (Lipinski definition) is 2. The van der Waals surface area contributed by atoms with E-state index in [4.69, 9.17) is 11.6 Å². The molecule has 2 aromatic rings. The first-order chi connectivity index (χ1) is 9.27. The summed E-state index contributed by atoms with van der Waals surface area (Å²) in [5.74, 6) is 1.37. The number of pyridine rings is 1. The summed E-state index contributed by atoms with van der Waals surface area (Å²) in [6.07, 6.45) is 8.13. The van der Waals surface area contributed by atoms with Crippen LogP contribution in [0.2, 0.25) is 0 Å². The molecule has 19 heavy (non-hydrogen) atoms. The highest BCUT2D eigenvalue weighted by atomic mass is 35.5. The summed E-state index contributed by atoms with van der Waals surface area (Å²) < 4.78 is 2.20. The topological polar surface area (TPSA) is 30.7 Å². The number of rotatable bonds is 7. The summed E-state index contributed by atoms with van der Waals surface area (Å²) in [5, 5.41) is 0. The zero-order valence-electron chi connectivity index (χ0n) is 11.8. The third-order valence-electron chi connectivity index (χ3n) is 3.56. The standard InChI is InChI=1S/C15H22ClN3/c1-3-4-5-6-8-12(2)19-14(11-16)18-13-9-7-10-17-15(13)19/h7,9-10,12H,3-6,8,11H2,1-2H3. The van der Waals surface area contributed by atoms with Crippen LogP contribution >= 0.6 is 11.6 Å². The lowest BCUT2D eigenvalue weighted by Gasteiger charge is -2.16. The summed E-state index contributed by atoms with van der Waals surface area (Å²) in [6, 6.07) is 4.33. The molecule has 1 unspecified atom stereocenters. The Morgan fingerprint density at radius 2 is 2.16 bits per heavy atom. The van der Waals surface area contributed by atoms with Crippen molar-refractivity contribution in [3.63, 3.8) is 0 Å². The molecule has 0 aliphatic rings. The molecule has 2 heterocycles. The van der Waals surface area contributed by atoms with Crippen molar-refractivity contribution >= 4 is 22.8 Å². The molecule has 104 valence electrons. The van der Waals surface area contributed by atoms with Gasteiger partial charge in [-0.25, -0.2) is 9.97 Å². The van der Waals surface area contributed by atoms with Crippen molar-refractivity contribution in [2.24, 2.45) is 0 Å². The van der Waals surface area contributed by atoms with Gasteiger partial charge in [0.2, 0.25) is 0 Å². The monoisotopic (exact) mass is 279 g/mol. The van der Waals surface area contributed by atoms with E-state index in [-0.39, 0.29) is 0 Å². The van der Waals surface area contributed by atoms with Crippen LogP contribution in [-0.4, -0.2) is 14.5 Å². The zero-order chi connectivity index (χ0) is 13.7. The Bertz CT molecular complexity index is 521. The molecule has 0 aromatic carbocycles. The largest absolute Gasteiger partial charge is 0.309 e. The van der Waals surface area contributed by atoms with E-state index >= 15 is 0 Å². The molecule has 2 rings (SSSR count). The van der Waals surface area contributed by atoms with Crippen LogP contribution in [0.25, 0.3) is 11.2 Å². The van der Waals surface area contributed by atoms with Crippen molar-refractivity contribution in [2.45, 2.75) is 57.9 Å². The van der Waals surface area contributed by atoms with Gasteiger partial charge in [0.25, 0.3) is 0 Å². The first-order valence-electron chi connectivity index (χ1n) is 7.15. The fraction of sp³-hybridized carbons (Fsp3) is 0.600. The highest BCUT2D eigenvalue weighted by Crippen LogP contribution is 2.24. The maximum atomic E-state index is 6.02. The normalized spacial score (nSPS) is 13.0. The Kier molecular flexibility index (Phi) is 5.20. The van der Waals surface area contributed by atoms with Crippen LogP contribution in [0.15, 0.2) is 18.3 Å². The molecule has 2 aromatic heterocycles. The molecule has 3 nitrogen and oxygen atoms in total. The molecule has 0 radical (unpaired) electrons. The van der Waals surface area contributed by atoms with Crippen LogP contribution in [0.5, 0.6) is 0 Å². The van der Waals surface area contributed by atoms with Gasteiger partial charge < -0.3 is 4.57 Å². The number of nitrogens with zero attached hydrogens (tertiary/aromatic N) is 3. The Balaban J connectivity index is 2.17. The van der Waals surface area contributed by atoms with Gasteiger partial charge in [-0.1, -0.05) is 32.6 Å². The Hall–Kier alpha value is -1.09. The van der Waals surface area contributed by atoms with Crippen LogP contribution in [0.3, 0.4) is 0 Å². The van der Waals surface area contributed by atoms with Crippen molar-refractivity contribution in [1.29, 1.82) is 0 Å². The van der Waals surface area contributed by atoms with E-state index in [1.807, 2.05) is 18.3 Å². The van der Waals surface area contributed by atoms with E-state index in [1.165, 1.54) is 25.7 Å². The molecular weight excluding hydrogens is 258 g/mol. The van der Waals surface area contributed by atoms with E-state index in [2.05, 4.69) is 28.4 Å². The summed E-state index contributed by atoms with van der Waals surface area (Å²) in [6.45, 7) is 4.47.